The second-order valence-electron chi connectivity index (χ2n) is 6.76. The minimum Gasteiger partial charge on any atom is -0.377 e. The van der Waals surface area contributed by atoms with Crippen molar-refractivity contribution in [3.05, 3.63) is 40.7 Å². The van der Waals surface area contributed by atoms with Gasteiger partial charge in [0.25, 0.3) is 0 Å². The average molecular weight is 474 g/mol. The topological polar surface area (TPSA) is 55.3 Å². The summed E-state index contributed by atoms with van der Waals surface area (Å²) in [5.74, 6) is 0.948. The molecular formula is C21H26F3N3O2S2. The molecule has 31 heavy (non-hydrogen) atoms. The molecule has 0 aromatic carbocycles. The first kappa shape index (κ1) is 25.4. The zero-order chi connectivity index (χ0) is 23.0. The number of halogens is 3. The Kier molecular flexibility index (Phi) is 9.52. The van der Waals surface area contributed by atoms with E-state index in [9.17, 15) is 18.0 Å². The zero-order valence-corrected chi connectivity index (χ0v) is 19.5. The minimum atomic E-state index is -4.51. The molecule has 2 aromatic heterocycles. The van der Waals surface area contributed by atoms with Gasteiger partial charge in [0.2, 0.25) is 6.41 Å². The van der Waals surface area contributed by atoms with Crippen LogP contribution in [0.5, 0.6) is 0 Å². The summed E-state index contributed by atoms with van der Waals surface area (Å²) in [5.41, 5.74) is -0.918. The van der Waals surface area contributed by atoms with Crippen molar-refractivity contribution in [2.24, 2.45) is 0 Å². The van der Waals surface area contributed by atoms with Crippen molar-refractivity contribution in [2.45, 2.75) is 44.8 Å². The van der Waals surface area contributed by atoms with E-state index >= 15 is 0 Å². The molecule has 2 aromatic rings. The third kappa shape index (κ3) is 7.05. The first-order chi connectivity index (χ1) is 14.7. The Morgan fingerprint density at radius 2 is 1.97 bits per heavy atom. The molecule has 1 aliphatic heterocycles. The Balaban J connectivity index is 0.000000785. The van der Waals surface area contributed by atoms with Gasteiger partial charge in [-0.3, -0.25) is 4.79 Å². The van der Waals surface area contributed by atoms with Crippen LogP contribution in [0.25, 0.3) is 10.6 Å². The van der Waals surface area contributed by atoms with E-state index in [1.54, 1.807) is 17.9 Å². The first-order valence-corrected chi connectivity index (χ1v) is 11.5. The molecule has 0 saturated carbocycles. The fourth-order valence-electron chi connectivity index (χ4n) is 2.59. The number of hydrogen-bond donors (Lipinski definition) is 0. The molecule has 0 spiro atoms. The number of thioether (sulfide) groups is 1. The van der Waals surface area contributed by atoms with Gasteiger partial charge in [0.1, 0.15) is 11.4 Å². The summed E-state index contributed by atoms with van der Waals surface area (Å²) in [6.07, 6.45) is 1.14. The average Bonchev–Trinajstić information content (AvgIpc) is 3.05. The molecular weight excluding hydrogens is 447 g/mol. The number of thiophene rings is 1. The summed E-state index contributed by atoms with van der Waals surface area (Å²) in [5, 5.41) is 0. The predicted octanol–water partition coefficient (Wildman–Crippen LogP) is 5.37. The molecule has 1 aliphatic rings. The molecule has 1 saturated heterocycles. The molecule has 3 rings (SSSR count). The molecule has 0 atom stereocenters. The molecule has 0 aliphatic carbocycles. The van der Waals surface area contributed by atoms with E-state index in [-0.39, 0.29) is 11.7 Å². The normalized spacial score (nSPS) is 14.2. The second kappa shape index (κ2) is 11.6. The van der Waals surface area contributed by atoms with Crippen LogP contribution < -0.4 is 0 Å². The van der Waals surface area contributed by atoms with Crippen molar-refractivity contribution in [1.29, 1.82) is 0 Å². The number of allylic oxidation sites excluding steroid dienone is 2. The number of alkyl halides is 3. The summed E-state index contributed by atoms with van der Waals surface area (Å²) >= 11 is 2.80. The van der Waals surface area contributed by atoms with E-state index in [2.05, 4.69) is 9.97 Å². The molecule has 5 nitrogen and oxygen atoms in total. The Morgan fingerprint density at radius 1 is 1.29 bits per heavy atom. The van der Waals surface area contributed by atoms with Gasteiger partial charge in [0.15, 0.2) is 0 Å². The smallest absolute Gasteiger partial charge is 0.377 e. The summed E-state index contributed by atoms with van der Waals surface area (Å²) < 4.78 is 45.0. The maximum Gasteiger partial charge on any atom is 0.420 e. The van der Waals surface area contributed by atoms with Gasteiger partial charge < -0.3 is 9.64 Å². The van der Waals surface area contributed by atoms with Crippen LogP contribution in [0.4, 0.5) is 13.2 Å². The summed E-state index contributed by atoms with van der Waals surface area (Å²) in [4.78, 5) is 22.8. The van der Waals surface area contributed by atoms with Crippen LogP contribution in [0.1, 0.15) is 30.1 Å². The summed E-state index contributed by atoms with van der Waals surface area (Å²) in [6, 6.07) is 1.86. The van der Waals surface area contributed by atoms with Crippen molar-refractivity contribution in [2.75, 3.05) is 25.5 Å². The van der Waals surface area contributed by atoms with Crippen molar-refractivity contribution in [3.8, 4) is 10.6 Å². The number of aromatic nitrogens is 2. The lowest BCUT2D eigenvalue weighted by Gasteiger charge is -2.34. The van der Waals surface area contributed by atoms with Gasteiger partial charge >= 0.3 is 6.18 Å². The number of nitrogens with zero attached hydrogens (tertiary/aromatic N) is 3. The van der Waals surface area contributed by atoms with Gasteiger partial charge in [-0.25, -0.2) is 9.97 Å². The van der Waals surface area contributed by atoms with Crippen molar-refractivity contribution in [3.63, 3.8) is 0 Å². The van der Waals surface area contributed by atoms with E-state index in [1.165, 1.54) is 23.1 Å². The van der Waals surface area contributed by atoms with E-state index < -0.39 is 11.7 Å². The lowest BCUT2D eigenvalue weighted by molar-refractivity contribution is -0.137. The largest absolute Gasteiger partial charge is 0.420 e. The molecule has 10 heteroatoms. The number of carbonyl (C=O) groups excluding carboxylic acids is 1. The van der Waals surface area contributed by atoms with Crippen LogP contribution in [0.2, 0.25) is 0 Å². The van der Waals surface area contributed by atoms with Crippen molar-refractivity contribution >= 4 is 29.5 Å². The molecule has 0 bridgehead atoms. The maximum absolute atomic E-state index is 13.3. The Labute approximate surface area is 188 Å². The van der Waals surface area contributed by atoms with E-state index in [1.807, 2.05) is 32.9 Å². The molecule has 1 amide bonds. The van der Waals surface area contributed by atoms with E-state index in [0.717, 1.165) is 22.4 Å². The van der Waals surface area contributed by atoms with Crippen LogP contribution in [0, 0.1) is 13.8 Å². The first-order valence-electron chi connectivity index (χ1n) is 9.71. The van der Waals surface area contributed by atoms with Crippen LogP contribution >= 0.6 is 23.1 Å². The Hall–Kier alpha value is -1.91. The highest BCUT2D eigenvalue weighted by Crippen LogP contribution is 2.41. The van der Waals surface area contributed by atoms with Gasteiger partial charge in [0, 0.05) is 28.3 Å². The molecule has 0 N–H and O–H groups in total. The minimum absolute atomic E-state index is 0.0870. The van der Waals surface area contributed by atoms with Gasteiger partial charge in [-0.1, -0.05) is 12.2 Å². The molecule has 170 valence electrons. The standard InChI is InChI=1S/C17H18F3N3O2S2.C4H8/c1-10-14(26-4-3-23(9-24)12-7-25-8-12)5-15(27-10)16-13(17(18,19)20)6-21-11(2)22-16;1-3-4-2/h5-6,9,12H,3-4,7-8H2,1-2H3;3-4H,1-2H3/b;4-3-. The van der Waals surface area contributed by atoms with Gasteiger partial charge in [0.05, 0.1) is 29.8 Å². The summed E-state index contributed by atoms with van der Waals surface area (Å²) in [6.45, 7) is 9.11. The maximum atomic E-state index is 13.3. The van der Waals surface area contributed by atoms with E-state index in [0.29, 0.717) is 36.2 Å². The fraction of sp³-hybridized carbons (Fsp3) is 0.476. The number of aryl methyl sites for hydroxylation is 2. The highest BCUT2D eigenvalue weighted by Gasteiger charge is 2.35. The van der Waals surface area contributed by atoms with Gasteiger partial charge in [-0.2, -0.15) is 13.2 Å². The van der Waals surface area contributed by atoms with Crippen LogP contribution in [0.3, 0.4) is 0 Å². The molecule has 1 fully saturated rings. The third-order valence-electron chi connectivity index (χ3n) is 4.49. The number of carbonyl (C=O) groups is 1. The summed E-state index contributed by atoms with van der Waals surface area (Å²) in [7, 11) is 0. The Morgan fingerprint density at radius 3 is 2.48 bits per heavy atom. The quantitative estimate of drug-likeness (QED) is 0.307. The SMILES string of the molecule is C/C=C\C.Cc1ncc(C(F)(F)F)c(-c2cc(SCCN(C=O)C3COC3)c(C)s2)n1. The number of hydrogen-bond acceptors (Lipinski definition) is 6. The van der Waals surface area contributed by atoms with Crippen LogP contribution in [-0.2, 0) is 15.7 Å². The third-order valence-corrected chi connectivity index (χ3v) is 6.79. The highest BCUT2D eigenvalue weighted by molar-refractivity contribution is 7.99. The zero-order valence-electron chi connectivity index (χ0n) is 17.9. The monoisotopic (exact) mass is 473 g/mol. The lowest BCUT2D eigenvalue weighted by Crippen LogP contribution is -2.49. The fourth-order valence-corrected chi connectivity index (χ4v) is 4.81. The predicted molar refractivity (Wildman–Crippen MR) is 118 cm³/mol. The lowest BCUT2D eigenvalue weighted by atomic mass is 10.2. The van der Waals surface area contributed by atoms with Crippen molar-refractivity contribution < 1.29 is 22.7 Å². The number of rotatable bonds is 7. The highest BCUT2D eigenvalue weighted by atomic mass is 32.2. The van der Waals surface area contributed by atoms with Crippen LogP contribution in [-0.4, -0.2) is 52.8 Å². The van der Waals surface area contributed by atoms with E-state index in [4.69, 9.17) is 4.74 Å². The Bertz CT molecular complexity index is 892. The molecule has 0 radical (unpaired) electrons. The molecule has 3 heterocycles. The van der Waals surface area contributed by atoms with Gasteiger partial charge in [-0.15, -0.1) is 23.1 Å². The molecule has 0 unspecified atom stereocenters. The van der Waals surface area contributed by atoms with Gasteiger partial charge in [-0.05, 0) is 33.8 Å². The van der Waals surface area contributed by atoms with Crippen LogP contribution in [0.15, 0.2) is 29.3 Å². The second-order valence-corrected chi connectivity index (χ2v) is 9.15. The van der Waals surface area contributed by atoms with Crippen molar-refractivity contribution in [1.82, 2.24) is 14.9 Å². The number of ether oxygens (including phenoxy) is 1. The number of amides is 1.